The number of halogens is 2. The topological polar surface area (TPSA) is 69.4 Å². The second kappa shape index (κ2) is 5.02. The summed E-state index contributed by atoms with van der Waals surface area (Å²) >= 11 is 2.92. The van der Waals surface area contributed by atoms with Crippen molar-refractivity contribution < 1.29 is 18.8 Å². The van der Waals surface area contributed by atoms with Crippen LogP contribution in [0.2, 0.25) is 0 Å². The number of esters is 1. The average Bonchev–Trinajstić information content (AvgIpc) is 2.23. The highest BCUT2D eigenvalue weighted by molar-refractivity contribution is 9.10. The molecule has 0 saturated carbocycles. The van der Waals surface area contributed by atoms with E-state index in [1.54, 1.807) is 0 Å². The first-order valence-electron chi connectivity index (χ1n) is 4.15. The van der Waals surface area contributed by atoms with Gasteiger partial charge in [0.25, 0.3) is 5.69 Å². The van der Waals surface area contributed by atoms with Crippen molar-refractivity contribution in [1.29, 1.82) is 0 Å². The Bertz CT molecular complexity index is 449. The van der Waals surface area contributed by atoms with Crippen molar-refractivity contribution >= 4 is 27.6 Å². The third-order valence-corrected chi connectivity index (χ3v) is 2.75. The van der Waals surface area contributed by atoms with Gasteiger partial charge in [0.2, 0.25) is 0 Å². The van der Waals surface area contributed by atoms with E-state index in [4.69, 9.17) is 0 Å². The van der Waals surface area contributed by atoms with Gasteiger partial charge in [-0.3, -0.25) is 14.9 Å². The second-order valence-corrected chi connectivity index (χ2v) is 3.70. The molecule has 0 amide bonds. The minimum Gasteiger partial charge on any atom is -0.469 e. The highest BCUT2D eigenvalue weighted by Crippen LogP contribution is 2.26. The summed E-state index contributed by atoms with van der Waals surface area (Å²) in [5, 5.41) is 10.5. The van der Waals surface area contributed by atoms with Gasteiger partial charge in [-0.2, -0.15) is 0 Å². The van der Waals surface area contributed by atoms with Crippen LogP contribution in [-0.4, -0.2) is 18.0 Å². The molecule has 86 valence electrons. The molecule has 1 aromatic rings. The molecule has 0 saturated heterocycles. The number of non-ortho nitro benzene ring substituents is 1. The molecule has 0 aromatic heterocycles. The van der Waals surface area contributed by atoms with E-state index in [2.05, 4.69) is 20.7 Å². The molecule has 0 radical (unpaired) electrons. The van der Waals surface area contributed by atoms with E-state index in [0.29, 0.717) is 0 Å². The van der Waals surface area contributed by atoms with Crippen molar-refractivity contribution in [2.45, 2.75) is 6.42 Å². The Morgan fingerprint density at radius 3 is 2.75 bits per heavy atom. The summed E-state index contributed by atoms with van der Waals surface area (Å²) in [5.74, 6) is -1.38. The van der Waals surface area contributed by atoms with Gasteiger partial charge in [-0.05, 0) is 21.5 Å². The fourth-order valence-corrected chi connectivity index (χ4v) is 1.46. The second-order valence-electron chi connectivity index (χ2n) is 2.91. The molecule has 0 N–H and O–H groups in total. The summed E-state index contributed by atoms with van der Waals surface area (Å²) in [5.41, 5.74) is -0.224. The highest BCUT2D eigenvalue weighted by atomic mass is 79.9. The summed E-state index contributed by atoms with van der Waals surface area (Å²) in [6.45, 7) is 0. The maximum absolute atomic E-state index is 13.3. The zero-order valence-corrected chi connectivity index (χ0v) is 9.78. The third kappa shape index (κ3) is 2.75. The van der Waals surface area contributed by atoms with E-state index >= 15 is 0 Å². The van der Waals surface area contributed by atoms with E-state index in [9.17, 15) is 19.3 Å². The molecule has 0 atom stereocenters. The minimum absolute atomic E-state index is 0.0310. The Morgan fingerprint density at radius 2 is 2.25 bits per heavy atom. The number of benzene rings is 1. The maximum Gasteiger partial charge on any atom is 0.310 e. The van der Waals surface area contributed by atoms with Gasteiger partial charge in [0.15, 0.2) is 0 Å². The van der Waals surface area contributed by atoms with Crippen molar-refractivity contribution in [2.75, 3.05) is 7.11 Å². The van der Waals surface area contributed by atoms with Crippen LogP contribution >= 0.6 is 15.9 Å². The number of methoxy groups -OCH3 is 1. The first-order chi connectivity index (χ1) is 7.45. The molecule has 0 unspecified atom stereocenters. The summed E-state index contributed by atoms with van der Waals surface area (Å²) in [6, 6.07) is 1.91. The van der Waals surface area contributed by atoms with E-state index in [0.717, 1.165) is 12.1 Å². The van der Waals surface area contributed by atoms with Crippen molar-refractivity contribution in [3.8, 4) is 0 Å². The van der Waals surface area contributed by atoms with Crippen LogP contribution in [-0.2, 0) is 16.0 Å². The molecule has 0 aliphatic rings. The summed E-state index contributed by atoms with van der Waals surface area (Å²) in [4.78, 5) is 20.7. The van der Waals surface area contributed by atoms with Crippen LogP contribution in [0.4, 0.5) is 10.1 Å². The standard InChI is InChI=1S/C9H7BrFNO4/c1-16-8(13)3-5-2-6(12(14)15)4-7(11)9(5)10/h2,4H,3H2,1H3. The van der Waals surface area contributed by atoms with Gasteiger partial charge < -0.3 is 4.74 Å². The Hall–Kier alpha value is -1.50. The first kappa shape index (κ1) is 12.6. The zero-order chi connectivity index (χ0) is 12.3. The molecule has 0 aliphatic heterocycles. The fraction of sp³-hybridized carbons (Fsp3) is 0.222. The quantitative estimate of drug-likeness (QED) is 0.486. The molecule has 0 heterocycles. The van der Waals surface area contributed by atoms with E-state index in [1.165, 1.54) is 7.11 Å². The van der Waals surface area contributed by atoms with Crippen molar-refractivity contribution in [1.82, 2.24) is 0 Å². The van der Waals surface area contributed by atoms with Crippen LogP contribution in [0.3, 0.4) is 0 Å². The maximum atomic E-state index is 13.3. The van der Waals surface area contributed by atoms with Crippen molar-refractivity contribution in [2.24, 2.45) is 0 Å². The first-order valence-corrected chi connectivity index (χ1v) is 4.94. The van der Waals surface area contributed by atoms with Crippen molar-refractivity contribution in [3.63, 3.8) is 0 Å². The number of carbonyl (C=O) groups is 1. The number of nitrogens with zero attached hydrogens (tertiary/aromatic N) is 1. The molecule has 0 aliphatic carbocycles. The average molecular weight is 292 g/mol. The molecular weight excluding hydrogens is 285 g/mol. The lowest BCUT2D eigenvalue weighted by Crippen LogP contribution is -2.06. The molecule has 0 fully saturated rings. The molecule has 1 rings (SSSR count). The SMILES string of the molecule is COC(=O)Cc1cc([N+](=O)[O-])cc(F)c1Br. The van der Waals surface area contributed by atoms with Crippen LogP contribution in [0, 0.1) is 15.9 Å². The molecule has 16 heavy (non-hydrogen) atoms. The lowest BCUT2D eigenvalue weighted by molar-refractivity contribution is -0.385. The van der Waals surface area contributed by atoms with Gasteiger partial charge in [0, 0.05) is 6.07 Å². The smallest absolute Gasteiger partial charge is 0.310 e. The number of ether oxygens (including phenoxy) is 1. The van der Waals surface area contributed by atoms with Gasteiger partial charge in [-0.25, -0.2) is 4.39 Å². The number of rotatable bonds is 3. The summed E-state index contributed by atoms with van der Waals surface area (Å²) < 4.78 is 17.7. The lowest BCUT2D eigenvalue weighted by atomic mass is 10.1. The van der Waals surface area contributed by atoms with Crippen LogP contribution in [0.25, 0.3) is 0 Å². The minimum atomic E-state index is -0.784. The predicted octanol–water partition coefficient (Wildman–Crippen LogP) is 2.21. The zero-order valence-electron chi connectivity index (χ0n) is 8.20. The molecular formula is C9H7BrFNO4. The van der Waals surface area contributed by atoms with Gasteiger partial charge in [-0.15, -0.1) is 0 Å². The summed E-state index contributed by atoms with van der Waals surface area (Å²) in [6.07, 6.45) is -0.227. The van der Waals surface area contributed by atoms with Gasteiger partial charge >= 0.3 is 5.97 Å². The van der Waals surface area contributed by atoms with E-state index < -0.39 is 22.4 Å². The molecule has 5 nitrogen and oxygen atoms in total. The Balaban J connectivity index is 3.16. The highest BCUT2D eigenvalue weighted by Gasteiger charge is 2.17. The monoisotopic (exact) mass is 291 g/mol. The molecule has 7 heteroatoms. The normalized spacial score (nSPS) is 9.94. The summed E-state index contributed by atoms with van der Waals surface area (Å²) in [7, 11) is 1.18. The molecule has 1 aromatic carbocycles. The van der Waals surface area contributed by atoms with Crippen LogP contribution in [0.15, 0.2) is 16.6 Å². The number of nitro benzene ring substituents is 1. The third-order valence-electron chi connectivity index (χ3n) is 1.86. The predicted molar refractivity (Wildman–Crippen MR) is 56.5 cm³/mol. The van der Waals surface area contributed by atoms with Gasteiger partial charge in [0.05, 0.1) is 29.0 Å². The Kier molecular flexibility index (Phi) is 3.94. The Labute approximate surface area is 98.5 Å². The van der Waals surface area contributed by atoms with Gasteiger partial charge in [0.1, 0.15) is 5.82 Å². The molecule has 0 bridgehead atoms. The van der Waals surface area contributed by atoms with Gasteiger partial charge in [-0.1, -0.05) is 0 Å². The van der Waals surface area contributed by atoms with Crippen LogP contribution in [0.1, 0.15) is 5.56 Å². The largest absolute Gasteiger partial charge is 0.469 e. The number of carbonyl (C=O) groups excluding carboxylic acids is 1. The van der Waals surface area contributed by atoms with E-state index in [1.807, 2.05) is 0 Å². The molecule has 0 spiro atoms. The van der Waals surface area contributed by atoms with Crippen LogP contribution < -0.4 is 0 Å². The number of hydrogen-bond acceptors (Lipinski definition) is 4. The number of hydrogen-bond donors (Lipinski definition) is 0. The number of nitro groups is 1. The Morgan fingerprint density at radius 1 is 1.62 bits per heavy atom. The lowest BCUT2D eigenvalue weighted by Gasteiger charge is -2.04. The fourth-order valence-electron chi connectivity index (χ4n) is 1.09. The van der Waals surface area contributed by atoms with Crippen LogP contribution in [0.5, 0.6) is 0 Å². The van der Waals surface area contributed by atoms with E-state index in [-0.39, 0.29) is 16.5 Å². The van der Waals surface area contributed by atoms with Crippen molar-refractivity contribution in [3.05, 3.63) is 38.1 Å².